The number of anilines is 1. The number of nitrogens with two attached hydrogens (primary N) is 1. The highest BCUT2D eigenvalue weighted by molar-refractivity contribution is 5.95. The third kappa shape index (κ3) is 3.45. The summed E-state index contributed by atoms with van der Waals surface area (Å²) in [7, 11) is 1.78. The molecule has 6 nitrogen and oxygen atoms in total. The highest BCUT2D eigenvalue weighted by Gasteiger charge is 2.21. The highest BCUT2D eigenvalue weighted by atomic mass is 16.2. The second-order valence-corrected chi connectivity index (χ2v) is 6.22. The molecule has 1 amide bonds. The van der Waals surface area contributed by atoms with Gasteiger partial charge in [0, 0.05) is 7.05 Å². The van der Waals surface area contributed by atoms with E-state index < -0.39 is 6.04 Å². The van der Waals surface area contributed by atoms with E-state index in [1.807, 2.05) is 60.7 Å². The summed E-state index contributed by atoms with van der Waals surface area (Å²) in [6, 6.07) is 18.1. The summed E-state index contributed by atoms with van der Waals surface area (Å²) < 4.78 is 3.24. The molecule has 26 heavy (non-hydrogen) atoms. The van der Waals surface area contributed by atoms with Gasteiger partial charge in [0.1, 0.15) is 5.69 Å². The van der Waals surface area contributed by atoms with Gasteiger partial charge in [-0.25, -0.2) is 4.68 Å². The van der Waals surface area contributed by atoms with Gasteiger partial charge in [-0.1, -0.05) is 48.5 Å². The normalized spacial score (nSPS) is 12.0. The third-order valence-corrected chi connectivity index (χ3v) is 4.44. The van der Waals surface area contributed by atoms with Gasteiger partial charge in [-0.2, -0.15) is 0 Å². The van der Waals surface area contributed by atoms with Gasteiger partial charge in [0.15, 0.2) is 0 Å². The van der Waals surface area contributed by atoms with E-state index in [4.69, 9.17) is 5.73 Å². The number of para-hydroxylation sites is 1. The number of carbonyl (C=O) groups is 1. The fraction of sp³-hybridized carbons (Fsp3) is 0.200. The number of benzene rings is 2. The zero-order valence-corrected chi connectivity index (χ0v) is 14.8. The van der Waals surface area contributed by atoms with Gasteiger partial charge in [0.25, 0.3) is 5.56 Å². The second-order valence-electron chi connectivity index (χ2n) is 6.22. The van der Waals surface area contributed by atoms with Crippen LogP contribution in [0.15, 0.2) is 65.5 Å². The standard InChI is InChI=1S/C20H22N4O2/c1-14-18(20(26)24(23(14)2)16-11-7-4-8-12-16)22-19(25)17(21)13-15-9-5-3-6-10-15/h3-12,17H,13,21H2,1-2H3,(H,22,25). The molecule has 3 rings (SSSR count). The predicted octanol–water partition coefficient (Wildman–Crippen LogP) is 1.99. The van der Waals surface area contributed by atoms with E-state index in [0.29, 0.717) is 12.1 Å². The summed E-state index contributed by atoms with van der Waals surface area (Å²) >= 11 is 0. The Labute approximate surface area is 151 Å². The van der Waals surface area contributed by atoms with E-state index >= 15 is 0 Å². The van der Waals surface area contributed by atoms with Gasteiger partial charge >= 0.3 is 0 Å². The maximum atomic E-state index is 12.8. The first-order valence-electron chi connectivity index (χ1n) is 8.43. The molecule has 0 fully saturated rings. The monoisotopic (exact) mass is 350 g/mol. The van der Waals surface area contributed by atoms with Crippen molar-refractivity contribution in [3.8, 4) is 5.69 Å². The molecule has 3 N–H and O–H groups in total. The number of rotatable bonds is 5. The van der Waals surface area contributed by atoms with E-state index in [2.05, 4.69) is 5.32 Å². The lowest BCUT2D eigenvalue weighted by Gasteiger charge is -2.11. The molecule has 0 aliphatic heterocycles. The molecular weight excluding hydrogens is 328 g/mol. The Balaban J connectivity index is 1.84. The summed E-state index contributed by atoms with van der Waals surface area (Å²) in [5.74, 6) is -0.375. The minimum absolute atomic E-state index is 0.255. The van der Waals surface area contributed by atoms with E-state index in [1.165, 1.54) is 4.68 Å². The quantitative estimate of drug-likeness (QED) is 0.738. The molecule has 0 spiro atoms. The average molecular weight is 350 g/mol. The van der Waals surface area contributed by atoms with Crippen LogP contribution >= 0.6 is 0 Å². The Morgan fingerprint density at radius 2 is 1.65 bits per heavy atom. The van der Waals surface area contributed by atoms with Crippen LogP contribution in [0.3, 0.4) is 0 Å². The molecule has 0 aliphatic carbocycles. The van der Waals surface area contributed by atoms with Crippen molar-refractivity contribution in [2.75, 3.05) is 5.32 Å². The topological polar surface area (TPSA) is 82.1 Å². The van der Waals surface area contributed by atoms with Gasteiger partial charge in [-0.15, -0.1) is 0 Å². The molecule has 3 aromatic rings. The molecule has 0 saturated carbocycles. The smallest absolute Gasteiger partial charge is 0.295 e. The van der Waals surface area contributed by atoms with Crippen LogP contribution in [0.4, 0.5) is 5.69 Å². The molecule has 0 saturated heterocycles. The van der Waals surface area contributed by atoms with Gasteiger partial charge < -0.3 is 11.1 Å². The molecule has 1 aromatic heterocycles. The number of nitrogens with one attached hydrogen (secondary N) is 1. The first kappa shape index (κ1) is 17.7. The van der Waals surface area contributed by atoms with Gasteiger partial charge in [0.2, 0.25) is 5.91 Å². The van der Waals surface area contributed by atoms with Crippen molar-refractivity contribution < 1.29 is 4.79 Å². The number of nitrogens with zero attached hydrogens (tertiary/aromatic N) is 2. The zero-order valence-electron chi connectivity index (χ0n) is 14.8. The number of carbonyl (C=O) groups excluding carboxylic acids is 1. The summed E-state index contributed by atoms with van der Waals surface area (Å²) in [6.45, 7) is 1.79. The number of hydrogen-bond donors (Lipinski definition) is 2. The summed E-state index contributed by atoms with van der Waals surface area (Å²) in [5.41, 5.74) is 8.37. The predicted molar refractivity (Wildman–Crippen MR) is 102 cm³/mol. The maximum absolute atomic E-state index is 12.8. The lowest BCUT2D eigenvalue weighted by Crippen LogP contribution is -2.38. The van der Waals surface area contributed by atoms with Crippen LogP contribution in [0.5, 0.6) is 0 Å². The first-order valence-corrected chi connectivity index (χ1v) is 8.43. The Kier molecular flexibility index (Phi) is 5.04. The van der Waals surface area contributed by atoms with Crippen molar-refractivity contribution in [2.45, 2.75) is 19.4 Å². The molecule has 0 bridgehead atoms. The van der Waals surface area contributed by atoms with Gasteiger partial charge in [-0.05, 0) is 31.0 Å². The Hall–Kier alpha value is -3.12. The van der Waals surface area contributed by atoms with Crippen molar-refractivity contribution in [1.29, 1.82) is 0 Å². The minimum atomic E-state index is -0.735. The van der Waals surface area contributed by atoms with Crippen molar-refractivity contribution in [3.63, 3.8) is 0 Å². The Morgan fingerprint density at radius 3 is 2.27 bits per heavy atom. The third-order valence-electron chi connectivity index (χ3n) is 4.44. The molecule has 134 valence electrons. The molecule has 1 unspecified atom stereocenters. The van der Waals surface area contributed by atoms with Crippen LogP contribution in [0.2, 0.25) is 0 Å². The zero-order chi connectivity index (χ0) is 18.7. The molecule has 1 heterocycles. The number of amides is 1. The fourth-order valence-corrected chi connectivity index (χ4v) is 2.89. The van der Waals surface area contributed by atoms with Crippen molar-refractivity contribution in [3.05, 3.63) is 82.3 Å². The number of hydrogen-bond acceptors (Lipinski definition) is 3. The Morgan fingerprint density at radius 1 is 1.08 bits per heavy atom. The van der Waals surface area contributed by atoms with Crippen LogP contribution in [-0.4, -0.2) is 21.3 Å². The van der Waals surface area contributed by atoms with Crippen LogP contribution in [0.1, 0.15) is 11.3 Å². The average Bonchev–Trinajstić information content (AvgIpc) is 2.86. The number of aromatic nitrogens is 2. The van der Waals surface area contributed by atoms with E-state index in [0.717, 1.165) is 11.3 Å². The van der Waals surface area contributed by atoms with Crippen LogP contribution in [0, 0.1) is 6.92 Å². The summed E-state index contributed by atoms with van der Waals surface area (Å²) in [6.07, 6.45) is 0.408. The largest absolute Gasteiger partial charge is 0.320 e. The van der Waals surface area contributed by atoms with E-state index in [1.54, 1.807) is 18.7 Å². The van der Waals surface area contributed by atoms with Crippen LogP contribution in [-0.2, 0) is 18.3 Å². The lowest BCUT2D eigenvalue weighted by atomic mass is 10.1. The maximum Gasteiger partial charge on any atom is 0.295 e. The molecule has 0 aliphatic rings. The molecule has 6 heteroatoms. The van der Waals surface area contributed by atoms with Gasteiger partial charge in [-0.3, -0.25) is 14.3 Å². The minimum Gasteiger partial charge on any atom is -0.320 e. The van der Waals surface area contributed by atoms with Crippen molar-refractivity contribution in [2.24, 2.45) is 12.8 Å². The van der Waals surface area contributed by atoms with Crippen molar-refractivity contribution in [1.82, 2.24) is 9.36 Å². The first-order chi connectivity index (χ1) is 12.5. The fourth-order valence-electron chi connectivity index (χ4n) is 2.89. The second kappa shape index (κ2) is 7.41. The molecular formula is C20H22N4O2. The van der Waals surface area contributed by atoms with Crippen LogP contribution in [0.25, 0.3) is 5.69 Å². The Bertz CT molecular complexity index is 959. The van der Waals surface area contributed by atoms with Crippen molar-refractivity contribution >= 4 is 11.6 Å². The molecule has 1 atom stereocenters. The summed E-state index contributed by atoms with van der Waals surface area (Å²) in [5, 5.41) is 2.71. The van der Waals surface area contributed by atoms with Gasteiger partial charge in [0.05, 0.1) is 17.4 Å². The van der Waals surface area contributed by atoms with E-state index in [9.17, 15) is 9.59 Å². The highest BCUT2D eigenvalue weighted by Crippen LogP contribution is 2.14. The lowest BCUT2D eigenvalue weighted by molar-refractivity contribution is -0.117. The molecule has 0 radical (unpaired) electrons. The molecule has 2 aromatic carbocycles. The summed E-state index contributed by atoms with van der Waals surface area (Å²) in [4.78, 5) is 25.3. The van der Waals surface area contributed by atoms with Crippen LogP contribution < -0.4 is 16.6 Å². The van der Waals surface area contributed by atoms with E-state index in [-0.39, 0.29) is 17.2 Å². The SMILES string of the molecule is Cc1c(NC(=O)C(N)Cc2ccccc2)c(=O)n(-c2ccccc2)n1C.